The number of esters is 1. The predicted molar refractivity (Wildman–Crippen MR) is 114 cm³/mol. The van der Waals surface area contributed by atoms with Crippen LogP contribution in [-0.4, -0.2) is 47.0 Å². The maximum absolute atomic E-state index is 12.5. The van der Waals surface area contributed by atoms with Gasteiger partial charge in [-0.05, 0) is 44.5 Å². The molecule has 164 valence electrons. The largest absolute Gasteiger partial charge is 0.493 e. The number of methoxy groups -OCH3 is 2. The molecule has 0 bridgehead atoms. The molecule has 1 amide bonds. The topological polar surface area (TPSA) is 105 Å². The fourth-order valence-corrected chi connectivity index (χ4v) is 3.04. The van der Waals surface area contributed by atoms with Gasteiger partial charge in [-0.1, -0.05) is 6.07 Å². The van der Waals surface area contributed by atoms with Crippen LogP contribution in [0.2, 0.25) is 0 Å². The van der Waals surface area contributed by atoms with Gasteiger partial charge in [-0.2, -0.15) is 5.10 Å². The number of amides is 1. The summed E-state index contributed by atoms with van der Waals surface area (Å²) >= 11 is 0. The minimum atomic E-state index is -0.971. The zero-order chi connectivity index (χ0) is 22.5. The summed E-state index contributed by atoms with van der Waals surface area (Å²) in [6.07, 6.45) is 2.11. The highest BCUT2D eigenvalue weighted by molar-refractivity contribution is 5.94. The molecule has 0 aliphatic rings. The van der Waals surface area contributed by atoms with Crippen molar-refractivity contribution in [3.8, 4) is 11.5 Å². The molecule has 0 saturated heterocycles. The summed E-state index contributed by atoms with van der Waals surface area (Å²) < 4.78 is 17.5. The third kappa shape index (κ3) is 4.93. The van der Waals surface area contributed by atoms with E-state index in [-0.39, 0.29) is 18.2 Å². The highest BCUT2D eigenvalue weighted by Gasteiger charge is 2.20. The van der Waals surface area contributed by atoms with E-state index in [1.165, 1.54) is 13.1 Å². The second-order valence-electron chi connectivity index (χ2n) is 7.27. The molecule has 1 atom stereocenters. The van der Waals surface area contributed by atoms with Crippen LogP contribution in [0, 0.1) is 0 Å². The van der Waals surface area contributed by atoms with Crippen LogP contribution in [0.3, 0.4) is 0 Å². The molecule has 0 spiro atoms. The van der Waals surface area contributed by atoms with Crippen molar-refractivity contribution in [1.29, 1.82) is 0 Å². The maximum Gasteiger partial charge on any atom is 0.340 e. The minimum Gasteiger partial charge on any atom is -0.493 e. The third-order valence-electron chi connectivity index (χ3n) is 4.73. The molecule has 1 N–H and O–H groups in total. The second-order valence-corrected chi connectivity index (χ2v) is 7.27. The van der Waals surface area contributed by atoms with Crippen molar-refractivity contribution in [2.75, 3.05) is 14.2 Å². The predicted octanol–water partition coefficient (Wildman–Crippen LogP) is 2.89. The van der Waals surface area contributed by atoms with Crippen LogP contribution in [0.5, 0.6) is 11.5 Å². The van der Waals surface area contributed by atoms with Gasteiger partial charge in [-0.25, -0.2) is 14.5 Å². The first-order valence-corrected chi connectivity index (χ1v) is 9.87. The van der Waals surface area contributed by atoms with Crippen LogP contribution in [0.25, 0.3) is 11.0 Å². The Hall–Kier alpha value is -3.62. The summed E-state index contributed by atoms with van der Waals surface area (Å²) in [4.78, 5) is 29.2. The molecule has 3 aromatic rings. The molecule has 0 fully saturated rings. The van der Waals surface area contributed by atoms with Crippen LogP contribution in [0.4, 0.5) is 0 Å². The summed E-state index contributed by atoms with van der Waals surface area (Å²) in [7, 11) is 3.10. The lowest BCUT2D eigenvalue weighted by Gasteiger charge is -2.14. The van der Waals surface area contributed by atoms with Crippen molar-refractivity contribution < 1.29 is 23.8 Å². The first-order chi connectivity index (χ1) is 14.8. The van der Waals surface area contributed by atoms with Gasteiger partial charge in [0.05, 0.1) is 26.0 Å². The van der Waals surface area contributed by atoms with Crippen molar-refractivity contribution in [1.82, 2.24) is 20.1 Å². The van der Waals surface area contributed by atoms with E-state index in [2.05, 4.69) is 15.4 Å². The Bertz CT molecular complexity index is 1090. The van der Waals surface area contributed by atoms with E-state index in [1.807, 2.05) is 19.9 Å². The summed E-state index contributed by atoms with van der Waals surface area (Å²) in [5, 5.41) is 7.76. The van der Waals surface area contributed by atoms with E-state index in [9.17, 15) is 9.59 Å². The van der Waals surface area contributed by atoms with Crippen LogP contribution >= 0.6 is 0 Å². The number of rotatable bonds is 8. The molecule has 31 heavy (non-hydrogen) atoms. The molecule has 0 aliphatic carbocycles. The van der Waals surface area contributed by atoms with Crippen LogP contribution in [0.1, 0.15) is 42.7 Å². The Morgan fingerprint density at radius 1 is 1.06 bits per heavy atom. The van der Waals surface area contributed by atoms with Gasteiger partial charge in [0.25, 0.3) is 5.91 Å². The van der Waals surface area contributed by atoms with E-state index < -0.39 is 18.0 Å². The first kappa shape index (κ1) is 22.1. The van der Waals surface area contributed by atoms with Crippen molar-refractivity contribution in [3.05, 3.63) is 47.8 Å². The SMILES string of the molecule is COc1ccc(CNC(=O)C(C)OC(=O)c2cnc3c(cnn3C(C)C)c2)cc1OC. The zero-order valence-corrected chi connectivity index (χ0v) is 18.2. The zero-order valence-electron chi connectivity index (χ0n) is 18.2. The van der Waals surface area contributed by atoms with Gasteiger partial charge in [0.15, 0.2) is 23.3 Å². The highest BCUT2D eigenvalue weighted by atomic mass is 16.5. The van der Waals surface area contributed by atoms with Crippen LogP contribution in [0.15, 0.2) is 36.7 Å². The monoisotopic (exact) mass is 426 g/mol. The Morgan fingerprint density at radius 2 is 1.81 bits per heavy atom. The average molecular weight is 426 g/mol. The van der Waals surface area contributed by atoms with Crippen molar-refractivity contribution in [2.45, 2.75) is 39.5 Å². The number of nitrogens with zero attached hydrogens (tertiary/aromatic N) is 3. The first-order valence-electron chi connectivity index (χ1n) is 9.87. The van der Waals surface area contributed by atoms with Gasteiger partial charge >= 0.3 is 5.97 Å². The molecule has 2 heterocycles. The Balaban J connectivity index is 1.60. The summed E-state index contributed by atoms with van der Waals surface area (Å²) in [6, 6.07) is 7.15. The van der Waals surface area contributed by atoms with E-state index >= 15 is 0 Å². The van der Waals surface area contributed by atoms with Crippen molar-refractivity contribution in [2.24, 2.45) is 0 Å². The number of fused-ring (bicyclic) bond motifs is 1. The van der Waals surface area contributed by atoms with E-state index in [1.54, 1.807) is 43.3 Å². The van der Waals surface area contributed by atoms with Gasteiger partial charge in [0.2, 0.25) is 0 Å². The summed E-state index contributed by atoms with van der Waals surface area (Å²) in [5.41, 5.74) is 1.77. The molecule has 9 heteroatoms. The lowest BCUT2D eigenvalue weighted by atomic mass is 10.2. The lowest BCUT2D eigenvalue weighted by Crippen LogP contribution is -2.35. The number of carbonyl (C=O) groups excluding carboxylic acids is 2. The normalized spacial score (nSPS) is 11.9. The van der Waals surface area contributed by atoms with Crippen molar-refractivity contribution >= 4 is 22.9 Å². The van der Waals surface area contributed by atoms with Crippen LogP contribution in [-0.2, 0) is 16.1 Å². The van der Waals surface area contributed by atoms with Gasteiger partial charge in [0.1, 0.15) is 0 Å². The number of aromatic nitrogens is 3. The molecule has 9 nitrogen and oxygen atoms in total. The standard InChI is InChI=1S/C22H26N4O5/c1-13(2)26-20-16(12-25-26)9-17(11-23-20)22(28)31-14(3)21(27)24-10-15-6-7-18(29-4)19(8-15)30-5/h6-9,11-14H,10H2,1-5H3,(H,24,27). The number of benzene rings is 1. The molecular weight excluding hydrogens is 400 g/mol. The fourth-order valence-electron chi connectivity index (χ4n) is 3.04. The molecule has 0 aliphatic heterocycles. The quantitative estimate of drug-likeness (QED) is 0.552. The molecule has 0 saturated carbocycles. The number of hydrogen-bond acceptors (Lipinski definition) is 7. The van der Waals surface area contributed by atoms with Gasteiger partial charge in [0, 0.05) is 24.2 Å². The molecule has 0 radical (unpaired) electrons. The summed E-state index contributed by atoms with van der Waals surface area (Å²) in [5.74, 6) is 0.132. The number of pyridine rings is 1. The molecule has 3 rings (SSSR count). The van der Waals surface area contributed by atoms with Gasteiger partial charge in [-0.3, -0.25) is 4.79 Å². The van der Waals surface area contributed by atoms with Gasteiger partial charge < -0.3 is 19.5 Å². The fraction of sp³-hybridized carbons (Fsp3) is 0.364. The lowest BCUT2D eigenvalue weighted by molar-refractivity contribution is -0.129. The van der Waals surface area contributed by atoms with Crippen molar-refractivity contribution in [3.63, 3.8) is 0 Å². The van der Waals surface area contributed by atoms with E-state index in [4.69, 9.17) is 14.2 Å². The smallest absolute Gasteiger partial charge is 0.340 e. The molecule has 1 unspecified atom stereocenters. The molecule has 2 aromatic heterocycles. The van der Waals surface area contributed by atoms with E-state index in [0.717, 1.165) is 10.9 Å². The number of ether oxygens (including phenoxy) is 3. The maximum atomic E-state index is 12.5. The highest BCUT2D eigenvalue weighted by Crippen LogP contribution is 2.27. The molecule has 1 aromatic carbocycles. The Kier molecular flexibility index (Phi) is 6.74. The van der Waals surface area contributed by atoms with Crippen LogP contribution < -0.4 is 14.8 Å². The number of nitrogens with one attached hydrogen (secondary N) is 1. The third-order valence-corrected chi connectivity index (χ3v) is 4.73. The average Bonchev–Trinajstić information content (AvgIpc) is 3.20. The number of carbonyl (C=O) groups is 2. The second kappa shape index (κ2) is 9.46. The Morgan fingerprint density at radius 3 is 2.48 bits per heavy atom. The number of hydrogen-bond donors (Lipinski definition) is 1. The molecular formula is C22H26N4O5. The van der Waals surface area contributed by atoms with Gasteiger partial charge in [-0.15, -0.1) is 0 Å². The summed E-state index contributed by atoms with van der Waals surface area (Å²) in [6.45, 7) is 5.77. The Labute approximate surface area is 180 Å². The van der Waals surface area contributed by atoms with E-state index in [0.29, 0.717) is 17.1 Å². The minimum absolute atomic E-state index is 0.150.